The van der Waals surface area contributed by atoms with Crippen LogP contribution in [0.15, 0.2) is 46.2 Å². The molecule has 0 bridgehead atoms. The van der Waals surface area contributed by atoms with Gasteiger partial charge < -0.3 is 14.2 Å². The molecule has 1 aliphatic rings. The van der Waals surface area contributed by atoms with Gasteiger partial charge in [-0.2, -0.15) is 10.2 Å². The number of carbonyl (C=O) groups excluding carboxylic acids is 1. The van der Waals surface area contributed by atoms with Crippen LogP contribution in [0.4, 0.5) is 5.88 Å². The zero-order chi connectivity index (χ0) is 20.2. The topological polar surface area (TPSA) is 73.4 Å². The standard InChI is InChI=1S/C21H17ClN4O2S/c22-17-6-2-1-5-16(17)20(27)25-9-11-26(12-10-25)21-18(14-23)24-19(28-21)8-7-15-4-3-13-29-15/h1-8,13H,9-12H2. The Balaban J connectivity index is 1.45. The van der Waals surface area contributed by atoms with Crippen molar-refractivity contribution in [3.8, 4) is 6.07 Å². The number of thiophene rings is 1. The molecule has 1 fully saturated rings. The van der Waals surface area contributed by atoms with Crippen LogP contribution in [0, 0.1) is 11.3 Å². The van der Waals surface area contributed by atoms with Gasteiger partial charge in [0.05, 0.1) is 10.6 Å². The van der Waals surface area contributed by atoms with Crippen molar-refractivity contribution in [1.82, 2.24) is 9.88 Å². The molecule has 6 nitrogen and oxygen atoms in total. The summed E-state index contributed by atoms with van der Waals surface area (Å²) in [6, 6.07) is 13.1. The van der Waals surface area contributed by atoms with Crippen LogP contribution in [0.5, 0.6) is 0 Å². The summed E-state index contributed by atoms with van der Waals surface area (Å²) in [5.41, 5.74) is 0.753. The summed E-state index contributed by atoms with van der Waals surface area (Å²) < 4.78 is 5.83. The smallest absolute Gasteiger partial charge is 0.255 e. The molecule has 1 amide bonds. The number of hydrogen-bond donors (Lipinski definition) is 0. The Labute approximate surface area is 177 Å². The number of hydrogen-bond acceptors (Lipinski definition) is 6. The summed E-state index contributed by atoms with van der Waals surface area (Å²) in [5.74, 6) is 0.746. The molecule has 0 N–H and O–H groups in total. The Bertz CT molecular complexity index is 1080. The van der Waals surface area contributed by atoms with Crippen molar-refractivity contribution in [1.29, 1.82) is 5.26 Å². The predicted octanol–water partition coefficient (Wildman–Crippen LogP) is 4.39. The van der Waals surface area contributed by atoms with E-state index in [-0.39, 0.29) is 11.6 Å². The molecule has 146 valence electrons. The van der Waals surface area contributed by atoms with Crippen molar-refractivity contribution in [3.05, 3.63) is 68.8 Å². The summed E-state index contributed by atoms with van der Waals surface area (Å²) in [6.07, 6.45) is 3.66. The molecular formula is C21H17ClN4O2S. The maximum Gasteiger partial charge on any atom is 0.255 e. The van der Waals surface area contributed by atoms with E-state index in [2.05, 4.69) is 11.1 Å². The monoisotopic (exact) mass is 424 g/mol. The van der Waals surface area contributed by atoms with Gasteiger partial charge in [0.1, 0.15) is 6.07 Å². The number of nitrogens with zero attached hydrogens (tertiary/aromatic N) is 4. The molecule has 3 heterocycles. The lowest BCUT2D eigenvalue weighted by molar-refractivity contribution is 0.0745. The Morgan fingerprint density at radius 2 is 1.97 bits per heavy atom. The van der Waals surface area contributed by atoms with Crippen LogP contribution >= 0.6 is 22.9 Å². The summed E-state index contributed by atoms with van der Waals surface area (Å²) in [7, 11) is 0. The van der Waals surface area contributed by atoms with Crippen molar-refractivity contribution >= 4 is 46.9 Å². The Kier molecular flexibility index (Phi) is 5.65. The second kappa shape index (κ2) is 8.52. The summed E-state index contributed by atoms with van der Waals surface area (Å²) >= 11 is 7.76. The summed E-state index contributed by atoms with van der Waals surface area (Å²) in [5, 5.41) is 11.9. The van der Waals surface area contributed by atoms with Gasteiger partial charge in [-0.3, -0.25) is 4.79 Å². The predicted molar refractivity (Wildman–Crippen MR) is 114 cm³/mol. The average Bonchev–Trinajstić information content (AvgIpc) is 3.42. The number of rotatable bonds is 4. The van der Waals surface area contributed by atoms with E-state index >= 15 is 0 Å². The third kappa shape index (κ3) is 4.19. The van der Waals surface area contributed by atoms with E-state index in [0.29, 0.717) is 48.5 Å². The number of amides is 1. The van der Waals surface area contributed by atoms with Crippen LogP contribution < -0.4 is 4.90 Å². The average molecular weight is 425 g/mol. The number of oxazole rings is 1. The Morgan fingerprint density at radius 3 is 2.66 bits per heavy atom. The number of halogens is 1. The van der Waals surface area contributed by atoms with E-state index in [1.165, 1.54) is 0 Å². The highest BCUT2D eigenvalue weighted by atomic mass is 35.5. The number of benzene rings is 1. The molecule has 8 heteroatoms. The normalized spacial score (nSPS) is 14.3. The molecule has 1 saturated heterocycles. The van der Waals surface area contributed by atoms with Gasteiger partial charge in [0, 0.05) is 37.1 Å². The number of carbonyl (C=O) groups is 1. The Morgan fingerprint density at radius 1 is 1.17 bits per heavy atom. The van der Waals surface area contributed by atoms with E-state index in [4.69, 9.17) is 16.0 Å². The minimum absolute atomic E-state index is 0.0899. The van der Waals surface area contributed by atoms with Crippen molar-refractivity contribution in [2.75, 3.05) is 31.1 Å². The first kappa shape index (κ1) is 19.2. The first-order valence-electron chi connectivity index (χ1n) is 9.07. The number of anilines is 1. The summed E-state index contributed by atoms with van der Waals surface area (Å²) in [6.45, 7) is 2.12. The largest absolute Gasteiger partial charge is 0.420 e. The molecule has 2 aromatic heterocycles. The molecule has 0 spiro atoms. The fourth-order valence-electron chi connectivity index (χ4n) is 3.14. The van der Waals surface area contributed by atoms with Gasteiger partial charge in [-0.25, -0.2) is 0 Å². The minimum Gasteiger partial charge on any atom is -0.420 e. The molecule has 0 aliphatic carbocycles. The van der Waals surface area contributed by atoms with Crippen LogP contribution in [0.3, 0.4) is 0 Å². The van der Waals surface area contributed by atoms with Gasteiger partial charge >= 0.3 is 0 Å². The highest BCUT2D eigenvalue weighted by Gasteiger charge is 2.27. The zero-order valence-corrected chi connectivity index (χ0v) is 17.0. The van der Waals surface area contributed by atoms with Crippen molar-refractivity contribution < 1.29 is 9.21 Å². The van der Waals surface area contributed by atoms with E-state index in [9.17, 15) is 10.1 Å². The Hall–Kier alpha value is -3.08. The molecular weight excluding hydrogens is 408 g/mol. The molecule has 0 saturated carbocycles. The van der Waals surface area contributed by atoms with Crippen LogP contribution in [-0.4, -0.2) is 42.0 Å². The van der Waals surface area contributed by atoms with Gasteiger partial charge in [-0.05, 0) is 29.7 Å². The molecule has 0 radical (unpaired) electrons. The lowest BCUT2D eigenvalue weighted by atomic mass is 10.2. The number of aromatic nitrogens is 1. The molecule has 1 aliphatic heterocycles. The lowest BCUT2D eigenvalue weighted by Crippen LogP contribution is -2.49. The first-order chi connectivity index (χ1) is 14.2. The number of nitriles is 1. The van der Waals surface area contributed by atoms with Gasteiger partial charge in [0.15, 0.2) is 0 Å². The maximum absolute atomic E-state index is 12.7. The molecule has 1 aromatic carbocycles. The lowest BCUT2D eigenvalue weighted by Gasteiger charge is -2.34. The quantitative estimate of drug-likeness (QED) is 0.620. The highest BCUT2D eigenvalue weighted by molar-refractivity contribution is 7.10. The second-order valence-corrected chi connectivity index (χ2v) is 7.81. The van der Waals surface area contributed by atoms with Crippen molar-refractivity contribution in [2.24, 2.45) is 0 Å². The fraction of sp³-hybridized carbons (Fsp3) is 0.190. The van der Waals surface area contributed by atoms with E-state index in [1.54, 1.807) is 46.6 Å². The maximum atomic E-state index is 12.7. The van der Waals surface area contributed by atoms with Crippen molar-refractivity contribution in [2.45, 2.75) is 0 Å². The number of piperazine rings is 1. The van der Waals surface area contributed by atoms with E-state index in [0.717, 1.165) is 4.88 Å². The molecule has 29 heavy (non-hydrogen) atoms. The molecule has 3 aromatic rings. The zero-order valence-electron chi connectivity index (χ0n) is 15.4. The van der Waals surface area contributed by atoms with Gasteiger partial charge in [-0.1, -0.05) is 29.8 Å². The molecule has 0 atom stereocenters. The van der Waals surface area contributed by atoms with Gasteiger partial charge in [0.25, 0.3) is 5.91 Å². The highest BCUT2D eigenvalue weighted by Crippen LogP contribution is 2.25. The van der Waals surface area contributed by atoms with Crippen LogP contribution in [0.1, 0.15) is 26.8 Å². The van der Waals surface area contributed by atoms with Crippen molar-refractivity contribution in [3.63, 3.8) is 0 Å². The third-order valence-corrected chi connectivity index (χ3v) is 5.79. The SMILES string of the molecule is N#Cc1nc(C=Cc2cccs2)oc1N1CCN(C(=O)c2ccccc2Cl)CC1. The van der Waals surface area contributed by atoms with Gasteiger partial charge in [0.2, 0.25) is 17.5 Å². The molecule has 4 rings (SSSR count). The minimum atomic E-state index is -0.0899. The van der Waals surface area contributed by atoms with Crippen LogP contribution in [0.25, 0.3) is 12.2 Å². The third-order valence-electron chi connectivity index (χ3n) is 4.62. The van der Waals surface area contributed by atoms with E-state index in [1.807, 2.05) is 28.5 Å². The second-order valence-electron chi connectivity index (χ2n) is 6.43. The van der Waals surface area contributed by atoms with Gasteiger partial charge in [-0.15, -0.1) is 11.3 Å². The fourth-order valence-corrected chi connectivity index (χ4v) is 3.98. The molecule has 0 unspecified atom stereocenters. The first-order valence-corrected chi connectivity index (χ1v) is 10.3. The van der Waals surface area contributed by atoms with E-state index < -0.39 is 0 Å². The van der Waals surface area contributed by atoms with Crippen LogP contribution in [0.2, 0.25) is 5.02 Å². The summed E-state index contributed by atoms with van der Waals surface area (Å²) in [4.78, 5) is 21.8. The van der Waals surface area contributed by atoms with Crippen LogP contribution in [-0.2, 0) is 0 Å².